The number of carbonyl (C=O) groups excluding carboxylic acids is 3. The second-order valence-corrected chi connectivity index (χ2v) is 11.9. The Balaban J connectivity index is 4.31. The van der Waals surface area contributed by atoms with E-state index in [0.717, 1.165) is 70.1 Å². The molecule has 0 rings (SSSR count). The SMILES string of the molecule is CCCCCCCCCC(=O)O[C@H](COC(=O)CCCCCCC)COC(=O)CCCCCCCCCC(C)C. The number of carbonyl (C=O) groups is 3. The molecule has 0 saturated carbocycles. The fourth-order valence-electron chi connectivity index (χ4n) is 4.68. The average Bonchev–Trinajstić information content (AvgIpc) is 2.92. The molecule has 0 aromatic carbocycles. The van der Waals surface area contributed by atoms with E-state index in [9.17, 15) is 14.4 Å². The minimum atomic E-state index is -0.754. The fraction of sp³-hybridized carbons (Fsp3) is 0.912. The molecule has 0 heterocycles. The van der Waals surface area contributed by atoms with Crippen molar-refractivity contribution in [3.05, 3.63) is 0 Å². The minimum Gasteiger partial charge on any atom is -0.462 e. The van der Waals surface area contributed by atoms with Crippen LogP contribution in [0.5, 0.6) is 0 Å². The van der Waals surface area contributed by atoms with Gasteiger partial charge in [-0.2, -0.15) is 0 Å². The maximum Gasteiger partial charge on any atom is 0.306 e. The fourth-order valence-corrected chi connectivity index (χ4v) is 4.68. The van der Waals surface area contributed by atoms with Crippen LogP contribution >= 0.6 is 0 Å². The largest absolute Gasteiger partial charge is 0.462 e. The molecule has 236 valence electrons. The highest BCUT2D eigenvalue weighted by atomic mass is 16.6. The van der Waals surface area contributed by atoms with E-state index in [0.29, 0.717) is 19.3 Å². The number of rotatable bonds is 29. The molecule has 0 radical (unpaired) electrons. The number of hydrogen-bond acceptors (Lipinski definition) is 6. The van der Waals surface area contributed by atoms with Crippen molar-refractivity contribution in [3.63, 3.8) is 0 Å². The molecule has 0 aliphatic rings. The van der Waals surface area contributed by atoms with Gasteiger partial charge in [0.1, 0.15) is 13.2 Å². The summed E-state index contributed by atoms with van der Waals surface area (Å²) in [6.45, 7) is 8.76. The van der Waals surface area contributed by atoms with Gasteiger partial charge in [-0.1, -0.05) is 137 Å². The zero-order valence-corrected chi connectivity index (χ0v) is 26.8. The molecule has 40 heavy (non-hydrogen) atoms. The van der Waals surface area contributed by atoms with Crippen molar-refractivity contribution in [2.75, 3.05) is 13.2 Å². The van der Waals surface area contributed by atoms with Crippen LogP contribution in [0.4, 0.5) is 0 Å². The molecular formula is C34H64O6. The molecule has 0 saturated heterocycles. The topological polar surface area (TPSA) is 78.9 Å². The molecule has 0 aliphatic carbocycles. The van der Waals surface area contributed by atoms with Crippen molar-refractivity contribution in [1.82, 2.24) is 0 Å². The van der Waals surface area contributed by atoms with E-state index in [2.05, 4.69) is 27.7 Å². The third-order valence-electron chi connectivity index (χ3n) is 7.29. The summed E-state index contributed by atoms with van der Waals surface area (Å²) < 4.78 is 16.4. The van der Waals surface area contributed by atoms with Crippen LogP contribution in [0.1, 0.15) is 175 Å². The van der Waals surface area contributed by atoms with E-state index in [-0.39, 0.29) is 31.1 Å². The van der Waals surface area contributed by atoms with Gasteiger partial charge in [0, 0.05) is 19.3 Å². The Morgan fingerprint density at radius 2 is 0.825 bits per heavy atom. The molecule has 0 amide bonds. The average molecular weight is 569 g/mol. The Morgan fingerprint density at radius 1 is 0.475 bits per heavy atom. The molecular weight excluding hydrogens is 504 g/mol. The predicted molar refractivity (Wildman–Crippen MR) is 164 cm³/mol. The van der Waals surface area contributed by atoms with Crippen molar-refractivity contribution < 1.29 is 28.6 Å². The third-order valence-corrected chi connectivity index (χ3v) is 7.29. The van der Waals surface area contributed by atoms with Crippen LogP contribution in [0.2, 0.25) is 0 Å². The lowest BCUT2D eigenvalue weighted by molar-refractivity contribution is -0.167. The van der Waals surface area contributed by atoms with E-state index in [1.165, 1.54) is 64.2 Å². The van der Waals surface area contributed by atoms with Gasteiger partial charge < -0.3 is 14.2 Å². The monoisotopic (exact) mass is 568 g/mol. The van der Waals surface area contributed by atoms with E-state index in [1.807, 2.05) is 0 Å². The Kier molecular flexibility index (Phi) is 27.8. The summed E-state index contributed by atoms with van der Waals surface area (Å²) in [5, 5.41) is 0. The highest BCUT2D eigenvalue weighted by Crippen LogP contribution is 2.14. The normalized spacial score (nSPS) is 11.9. The van der Waals surface area contributed by atoms with E-state index in [1.54, 1.807) is 0 Å². The van der Waals surface area contributed by atoms with Crippen molar-refractivity contribution in [2.24, 2.45) is 5.92 Å². The Morgan fingerprint density at radius 3 is 1.23 bits per heavy atom. The van der Waals surface area contributed by atoms with Gasteiger partial charge in [0.15, 0.2) is 6.10 Å². The first kappa shape index (κ1) is 38.4. The second-order valence-electron chi connectivity index (χ2n) is 11.9. The molecule has 0 N–H and O–H groups in total. The zero-order valence-electron chi connectivity index (χ0n) is 26.8. The summed E-state index contributed by atoms with van der Waals surface area (Å²) >= 11 is 0. The quantitative estimate of drug-likeness (QED) is 0.0508. The lowest BCUT2D eigenvalue weighted by Crippen LogP contribution is -2.30. The summed E-state index contributed by atoms with van der Waals surface area (Å²) in [6.07, 6.45) is 22.8. The maximum atomic E-state index is 12.4. The summed E-state index contributed by atoms with van der Waals surface area (Å²) in [4.78, 5) is 36.9. The predicted octanol–water partition coefficient (Wildman–Crippen LogP) is 9.65. The van der Waals surface area contributed by atoms with Crippen molar-refractivity contribution in [1.29, 1.82) is 0 Å². The smallest absolute Gasteiger partial charge is 0.306 e. The van der Waals surface area contributed by atoms with Crippen molar-refractivity contribution >= 4 is 17.9 Å². The highest BCUT2D eigenvalue weighted by molar-refractivity contribution is 5.71. The summed E-state index contributed by atoms with van der Waals surface area (Å²) in [5.74, 6) is -0.113. The Labute approximate surface area is 247 Å². The van der Waals surface area contributed by atoms with Gasteiger partial charge in [-0.25, -0.2) is 0 Å². The second kappa shape index (κ2) is 28.9. The lowest BCUT2D eigenvalue weighted by Gasteiger charge is -2.18. The Bertz CT molecular complexity index is 603. The number of unbranched alkanes of at least 4 members (excludes halogenated alkanes) is 16. The van der Waals surface area contributed by atoms with E-state index in [4.69, 9.17) is 14.2 Å². The van der Waals surface area contributed by atoms with Gasteiger partial charge in [0.2, 0.25) is 0 Å². The molecule has 0 aliphatic heterocycles. The van der Waals surface area contributed by atoms with Crippen LogP contribution in [0.3, 0.4) is 0 Å². The van der Waals surface area contributed by atoms with Crippen LogP contribution in [0.25, 0.3) is 0 Å². The summed E-state index contributed by atoms with van der Waals surface area (Å²) in [6, 6.07) is 0. The van der Waals surface area contributed by atoms with Crippen LogP contribution in [-0.2, 0) is 28.6 Å². The zero-order chi connectivity index (χ0) is 29.7. The molecule has 0 unspecified atom stereocenters. The molecule has 0 bridgehead atoms. The first-order chi connectivity index (χ1) is 19.4. The third kappa shape index (κ3) is 28.0. The van der Waals surface area contributed by atoms with Crippen molar-refractivity contribution in [3.8, 4) is 0 Å². The maximum absolute atomic E-state index is 12.4. The highest BCUT2D eigenvalue weighted by Gasteiger charge is 2.19. The standard InChI is InChI=1S/C34H64O6/c1-5-7-9-11-13-19-23-27-34(37)40-31(28-38-32(35)25-21-16-10-8-6-2)29-39-33(36)26-22-18-15-12-14-17-20-24-30(3)4/h30-31H,5-29H2,1-4H3/t31-/m1/s1. The van der Waals surface area contributed by atoms with Crippen LogP contribution in [0.15, 0.2) is 0 Å². The molecule has 0 spiro atoms. The first-order valence-electron chi connectivity index (χ1n) is 16.9. The lowest BCUT2D eigenvalue weighted by atomic mass is 10.0. The van der Waals surface area contributed by atoms with E-state index < -0.39 is 6.10 Å². The van der Waals surface area contributed by atoms with Crippen molar-refractivity contribution in [2.45, 2.75) is 181 Å². The Hall–Kier alpha value is -1.59. The van der Waals surface area contributed by atoms with Gasteiger partial charge >= 0.3 is 17.9 Å². The van der Waals surface area contributed by atoms with Gasteiger partial charge in [0.25, 0.3) is 0 Å². The molecule has 0 fully saturated rings. The molecule has 0 aromatic rings. The molecule has 6 nitrogen and oxygen atoms in total. The number of hydrogen-bond donors (Lipinski definition) is 0. The van der Waals surface area contributed by atoms with Crippen LogP contribution < -0.4 is 0 Å². The minimum absolute atomic E-state index is 0.0682. The van der Waals surface area contributed by atoms with E-state index >= 15 is 0 Å². The van der Waals surface area contributed by atoms with Gasteiger partial charge in [-0.15, -0.1) is 0 Å². The van der Waals surface area contributed by atoms with Gasteiger partial charge in [0.05, 0.1) is 0 Å². The summed E-state index contributed by atoms with van der Waals surface area (Å²) in [7, 11) is 0. The molecule has 6 heteroatoms. The summed E-state index contributed by atoms with van der Waals surface area (Å²) in [5.41, 5.74) is 0. The van der Waals surface area contributed by atoms with Crippen LogP contribution in [-0.4, -0.2) is 37.2 Å². The number of ether oxygens (including phenoxy) is 3. The molecule has 0 aromatic heterocycles. The van der Waals surface area contributed by atoms with Gasteiger partial charge in [-0.05, 0) is 25.2 Å². The first-order valence-corrected chi connectivity index (χ1v) is 16.9. The van der Waals surface area contributed by atoms with Gasteiger partial charge in [-0.3, -0.25) is 14.4 Å². The van der Waals surface area contributed by atoms with Crippen LogP contribution in [0, 0.1) is 5.92 Å². The number of esters is 3. The molecule has 1 atom stereocenters.